The van der Waals surface area contributed by atoms with Gasteiger partial charge in [-0.2, -0.15) is 0 Å². The van der Waals surface area contributed by atoms with Gasteiger partial charge in [0.1, 0.15) is 17.7 Å². The number of nitrogens with one attached hydrogen (secondary N) is 1. The monoisotopic (exact) mass is 338 g/mol. The number of carbonyl (C=O) groups excluding carboxylic acids is 2. The Balaban J connectivity index is 1.69. The van der Waals surface area contributed by atoms with E-state index in [1.54, 1.807) is 0 Å². The number of rotatable bonds is 5. The number of carboxylic acid groups (broad SMARTS) is 1. The number of aliphatic carboxylic acids is 1. The standard InChI is InChI=1S/C16H16F2N2O4/c17-10-3-4-12(11(18)6-10)20-7-9(5-13(20)21)15(22)19-14(16(23)24)8-1-2-8/h3-4,6,8-9,14H,1-2,5,7H2,(H,19,22)(H,23,24). The highest BCUT2D eigenvalue weighted by molar-refractivity contribution is 6.00. The molecule has 1 aliphatic heterocycles. The molecule has 24 heavy (non-hydrogen) atoms. The van der Waals surface area contributed by atoms with E-state index < -0.39 is 41.4 Å². The summed E-state index contributed by atoms with van der Waals surface area (Å²) in [5, 5.41) is 11.6. The summed E-state index contributed by atoms with van der Waals surface area (Å²) in [7, 11) is 0. The molecule has 2 atom stereocenters. The fraction of sp³-hybridized carbons (Fsp3) is 0.438. The van der Waals surface area contributed by atoms with Crippen molar-refractivity contribution in [1.82, 2.24) is 5.32 Å². The predicted molar refractivity (Wildman–Crippen MR) is 79.1 cm³/mol. The molecule has 1 saturated heterocycles. The molecule has 0 spiro atoms. The Labute approximate surface area is 136 Å². The molecule has 2 N–H and O–H groups in total. The SMILES string of the molecule is O=C(NC(C(=O)O)C1CC1)C1CC(=O)N(c2ccc(F)cc2F)C1. The number of carbonyl (C=O) groups is 3. The number of hydrogen-bond donors (Lipinski definition) is 2. The fourth-order valence-electron chi connectivity index (χ4n) is 2.90. The highest BCUT2D eigenvalue weighted by Crippen LogP contribution is 2.33. The van der Waals surface area contributed by atoms with E-state index in [4.69, 9.17) is 5.11 Å². The minimum atomic E-state index is -1.10. The molecule has 3 rings (SSSR count). The lowest BCUT2D eigenvalue weighted by Gasteiger charge is -2.19. The second kappa shape index (κ2) is 6.18. The van der Waals surface area contributed by atoms with Crippen molar-refractivity contribution < 1.29 is 28.3 Å². The Morgan fingerprint density at radius 1 is 1.29 bits per heavy atom. The lowest BCUT2D eigenvalue weighted by Crippen LogP contribution is -2.45. The first-order valence-corrected chi connectivity index (χ1v) is 7.65. The first kappa shape index (κ1) is 16.4. The van der Waals surface area contributed by atoms with Gasteiger partial charge in [-0.05, 0) is 30.9 Å². The Hall–Kier alpha value is -2.51. The van der Waals surface area contributed by atoms with Gasteiger partial charge in [0.25, 0.3) is 0 Å². The molecular formula is C16H16F2N2O4. The van der Waals surface area contributed by atoms with Gasteiger partial charge in [-0.3, -0.25) is 9.59 Å². The number of benzene rings is 1. The second-order valence-corrected chi connectivity index (χ2v) is 6.16. The molecule has 2 fully saturated rings. The Morgan fingerprint density at radius 2 is 2.00 bits per heavy atom. The number of amides is 2. The van der Waals surface area contributed by atoms with Gasteiger partial charge in [0.15, 0.2) is 0 Å². The minimum Gasteiger partial charge on any atom is -0.480 e. The van der Waals surface area contributed by atoms with Crippen molar-refractivity contribution in [3.05, 3.63) is 29.8 Å². The van der Waals surface area contributed by atoms with Crippen molar-refractivity contribution in [3.63, 3.8) is 0 Å². The third kappa shape index (κ3) is 3.22. The molecule has 0 bridgehead atoms. The zero-order valence-corrected chi connectivity index (χ0v) is 12.7. The minimum absolute atomic E-state index is 0.0653. The van der Waals surface area contributed by atoms with Crippen molar-refractivity contribution in [2.75, 3.05) is 11.4 Å². The van der Waals surface area contributed by atoms with Crippen LogP contribution in [-0.4, -0.2) is 35.5 Å². The third-order valence-electron chi connectivity index (χ3n) is 4.35. The van der Waals surface area contributed by atoms with Crippen LogP contribution < -0.4 is 10.2 Å². The van der Waals surface area contributed by atoms with Crippen molar-refractivity contribution in [1.29, 1.82) is 0 Å². The number of carboxylic acids is 1. The van der Waals surface area contributed by atoms with Crippen LogP contribution in [-0.2, 0) is 14.4 Å². The van der Waals surface area contributed by atoms with Crippen LogP contribution in [0.5, 0.6) is 0 Å². The maximum absolute atomic E-state index is 13.8. The molecule has 1 saturated carbocycles. The van der Waals surface area contributed by atoms with E-state index in [0.717, 1.165) is 29.9 Å². The Kier molecular flexibility index (Phi) is 4.21. The summed E-state index contributed by atoms with van der Waals surface area (Å²) in [5.74, 6) is -4.57. The second-order valence-electron chi connectivity index (χ2n) is 6.16. The first-order valence-electron chi connectivity index (χ1n) is 7.65. The van der Waals surface area contributed by atoms with Gasteiger partial charge in [0, 0.05) is 19.0 Å². The van der Waals surface area contributed by atoms with Crippen LogP contribution in [0.15, 0.2) is 18.2 Å². The molecule has 2 aliphatic rings. The summed E-state index contributed by atoms with van der Waals surface area (Å²) < 4.78 is 26.8. The summed E-state index contributed by atoms with van der Waals surface area (Å²) >= 11 is 0. The third-order valence-corrected chi connectivity index (χ3v) is 4.35. The Bertz CT molecular complexity index is 705. The molecule has 8 heteroatoms. The number of hydrogen-bond acceptors (Lipinski definition) is 3. The van der Waals surface area contributed by atoms with Crippen molar-refractivity contribution in [2.45, 2.75) is 25.3 Å². The smallest absolute Gasteiger partial charge is 0.326 e. The van der Waals surface area contributed by atoms with Gasteiger partial charge in [0.2, 0.25) is 11.8 Å². The Morgan fingerprint density at radius 3 is 2.58 bits per heavy atom. The summed E-state index contributed by atoms with van der Waals surface area (Å²) in [4.78, 5) is 36.6. The lowest BCUT2D eigenvalue weighted by atomic mass is 10.1. The van der Waals surface area contributed by atoms with Crippen LogP contribution in [0.25, 0.3) is 0 Å². The van der Waals surface area contributed by atoms with Crippen LogP contribution in [0, 0.1) is 23.5 Å². The van der Waals surface area contributed by atoms with Crippen molar-refractivity contribution in [3.8, 4) is 0 Å². The van der Waals surface area contributed by atoms with Gasteiger partial charge in [-0.15, -0.1) is 0 Å². The zero-order valence-electron chi connectivity index (χ0n) is 12.7. The molecule has 1 aromatic carbocycles. The van der Waals surface area contributed by atoms with Gasteiger partial charge < -0.3 is 15.3 Å². The predicted octanol–water partition coefficient (Wildman–Crippen LogP) is 1.30. The first-order chi connectivity index (χ1) is 11.4. The van der Waals surface area contributed by atoms with Crippen LogP contribution >= 0.6 is 0 Å². The van der Waals surface area contributed by atoms with Crippen molar-refractivity contribution >= 4 is 23.5 Å². The van der Waals surface area contributed by atoms with Crippen LogP contribution in [0.2, 0.25) is 0 Å². The van der Waals surface area contributed by atoms with Gasteiger partial charge in [-0.1, -0.05) is 0 Å². The topological polar surface area (TPSA) is 86.7 Å². The molecule has 0 aromatic heterocycles. The van der Waals surface area contributed by atoms with Gasteiger partial charge in [-0.25, -0.2) is 13.6 Å². The summed E-state index contributed by atoms with van der Waals surface area (Å²) in [6.45, 7) is -0.0653. The average molecular weight is 338 g/mol. The molecule has 2 amide bonds. The molecule has 1 aliphatic carbocycles. The van der Waals surface area contributed by atoms with Gasteiger partial charge in [0.05, 0.1) is 11.6 Å². The molecule has 1 aromatic rings. The van der Waals surface area contributed by atoms with Crippen LogP contribution in [0.4, 0.5) is 14.5 Å². The summed E-state index contributed by atoms with van der Waals surface area (Å²) in [6, 6.07) is 1.90. The maximum Gasteiger partial charge on any atom is 0.326 e. The fourth-order valence-corrected chi connectivity index (χ4v) is 2.90. The van der Waals surface area contributed by atoms with Crippen molar-refractivity contribution in [2.24, 2.45) is 11.8 Å². The zero-order chi connectivity index (χ0) is 17.4. The summed E-state index contributed by atoms with van der Waals surface area (Å²) in [6.07, 6.45) is 1.35. The molecule has 6 nitrogen and oxygen atoms in total. The van der Waals surface area contributed by atoms with E-state index in [2.05, 4.69) is 5.32 Å². The molecule has 0 radical (unpaired) electrons. The van der Waals surface area contributed by atoms with E-state index >= 15 is 0 Å². The highest BCUT2D eigenvalue weighted by atomic mass is 19.1. The normalized spacial score (nSPS) is 21.7. The van der Waals surface area contributed by atoms with Crippen LogP contribution in [0.3, 0.4) is 0 Å². The van der Waals surface area contributed by atoms with Crippen LogP contribution in [0.1, 0.15) is 19.3 Å². The molecule has 1 heterocycles. The van der Waals surface area contributed by atoms with E-state index in [-0.39, 0.29) is 24.6 Å². The number of anilines is 1. The largest absolute Gasteiger partial charge is 0.480 e. The van der Waals surface area contributed by atoms with E-state index in [0.29, 0.717) is 6.07 Å². The van der Waals surface area contributed by atoms with E-state index in [1.165, 1.54) is 0 Å². The molecule has 2 unspecified atom stereocenters. The van der Waals surface area contributed by atoms with E-state index in [9.17, 15) is 23.2 Å². The molecule has 128 valence electrons. The number of nitrogens with zero attached hydrogens (tertiary/aromatic N) is 1. The lowest BCUT2D eigenvalue weighted by molar-refractivity contribution is -0.143. The number of halogens is 2. The highest BCUT2D eigenvalue weighted by Gasteiger charge is 2.41. The van der Waals surface area contributed by atoms with E-state index in [1.807, 2.05) is 0 Å². The average Bonchev–Trinajstić information content (AvgIpc) is 3.27. The summed E-state index contributed by atoms with van der Waals surface area (Å²) in [5.41, 5.74) is -0.0892. The quantitative estimate of drug-likeness (QED) is 0.847. The van der Waals surface area contributed by atoms with Gasteiger partial charge >= 0.3 is 5.97 Å². The molecular weight excluding hydrogens is 322 g/mol. The maximum atomic E-state index is 13.8.